The van der Waals surface area contributed by atoms with Gasteiger partial charge in [0.1, 0.15) is 0 Å². The Kier molecular flexibility index (Phi) is 5.57. The number of rotatable bonds is 8. The number of ether oxygens (including phenoxy) is 2. The number of para-hydroxylation sites is 2. The largest absolute Gasteiger partial charge is 0.493 e. The number of carboxylic acid groups (broad SMARTS) is 1. The number of aliphatic carboxylic acids is 1. The maximum Gasteiger partial charge on any atom is 0.309 e. The highest BCUT2D eigenvalue weighted by Gasteiger charge is 2.07. The molecule has 0 bridgehead atoms. The van der Waals surface area contributed by atoms with Crippen molar-refractivity contribution in [2.24, 2.45) is 0 Å². The smallest absolute Gasteiger partial charge is 0.309 e. The molecule has 0 spiro atoms. The van der Waals surface area contributed by atoms with E-state index in [0.29, 0.717) is 12.3 Å². The molecule has 0 atom stereocenters. The Labute approximate surface area is 127 Å². The second-order valence-electron chi connectivity index (χ2n) is 4.41. The molecule has 5 nitrogen and oxygen atoms in total. The zero-order chi connectivity index (χ0) is 15.1. The average molecular weight is 307 g/mol. The van der Waals surface area contributed by atoms with Crippen molar-refractivity contribution in [3.8, 4) is 11.5 Å². The van der Waals surface area contributed by atoms with Crippen LogP contribution in [0.5, 0.6) is 11.5 Å². The Morgan fingerprint density at radius 2 is 2.10 bits per heavy atom. The Bertz CT molecular complexity index is 597. The van der Waals surface area contributed by atoms with Gasteiger partial charge in [0.25, 0.3) is 0 Å². The van der Waals surface area contributed by atoms with Gasteiger partial charge >= 0.3 is 5.97 Å². The summed E-state index contributed by atoms with van der Waals surface area (Å²) in [5, 5.41) is 11.4. The summed E-state index contributed by atoms with van der Waals surface area (Å²) < 4.78 is 10.9. The van der Waals surface area contributed by atoms with Crippen molar-refractivity contribution in [3.63, 3.8) is 0 Å². The molecule has 1 heterocycles. The molecule has 2 rings (SSSR count). The molecule has 1 N–H and O–H groups in total. The van der Waals surface area contributed by atoms with Gasteiger partial charge < -0.3 is 14.6 Å². The predicted molar refractivity (Wildman–Crippen MR) is 80.3 cm³/mol. The van der Waals surface area contributed by atoms with Crippen molar-refractivity contribution in [1.29, 1.82) is 0 Å². The number of methoxy groups -OCH3 is 1. The molecule has 0 saturated heterocycles. The van der Waals surface area contributed by atoms with Gasteiger partial charge in [-0.25, -0.2) is 4.98 Å². The topological polar surface area (TPSA) is 68.7 Å². The number of aryl methyl sites for hydroxylation is 1. The second kappa shape index (κ2) is 7.64. The van der Waals surface area contributed by atoms with Crippen LogP contribution in [0.3, 0.4) is 0 Å². The van der Waals surface area contributed by atoms with Crippen LogP contribution in [0.25, 0.3) is 0 Å². The Balaban J connectivity index is 1.77. The number of benzene rings is 1. The molecule has 6 heteroatoms. The fourth-order valence-corrected chi connectivity index (χ4v) is 2.68. The van der Waals surface area contributed by atoms with Crippen molar-refractivity contribution in [1.82, 2.24) is 4.98 Å². The average Bonchev–Trinajstić information content (AvgIpc) is 2.90. The fourth-order valence-electron chi connectivity index (χ4n) is 1.84. The zero-order valence-corrected chi connectivity index (χ0v) is 12.6. The van der Waals surface area contributed by atoms with E-state index in [2.05, 4.69) is 4.98 Å². The van der Waals surface area contributed by atoms with Gasteiger partial charge in [0, 0.05) is 11.8 Å². The minimum absolute atomic E-state index is 0.0196. The SMILES string of the molecule is COc1ccccc1OCCCc1nc(CC(=O)O)cs1. The van der Waals surface area contributed by atoms with Crippen LogP contribution in [-0.2, 0) is 17.6 Å². The molecule has 2 aromatic rings. The lowest BCUT2D eigenvalue weighted by Gasteiger charge is -2.09. The minimum Gasteiger partial charge on any atom is -0.493 e. The molecule has 0 aliphatic heterocycles. The van der Waals surface area contributed by atoms with Crippen LogP contribution < -0.4 is 9.47 Å². The van der Waals surface area contributed by atoms with E-state index in [1.165, 1.54) is 11.3 Å². The van der Waals surface area contributed by atoms with E-state index < -0.39 is 5.97 Å². The lowest BCUT2D eigenvalue weighted by molar-refractivity contribution is -0.136. The van der Waals surface area contributed by atoms with Crippen LogP contribution in [0.2, 0.25) is 0 Å². The number of thiazole rings is 1. The third kappa shape index (κ3) is 4.75. The summed E-state index contributed by atoms with van der Waals surface area (Å²) in [7, 11) is 1.61. The van der Waals surface area contributed by atoms with Gasteiger partial charge in [0.2, 0.25) is 0 Å². The van der Waals surface area contributed by atoms with E-state index in [-0.39, 0.29) is 6.42 Å². The van der Waals surface area contributed by atoms with Crippen LogP contribution in [0.15, 0.2) is 29.6 Å². The maximum absolute atomic E-state index is 10.6. The molecule has 0 unspecified atom stereocenters. The molecule has 0 aliphatic carbocycles. The van der Waals surface area contributed by atoms with E-state index in [9.17, 15) is 4.79 Å². The summed E-state index contributed by atoms with van der Waals surface area (Å²) in [5.74, 6) is 0.590. The van der Waals surface area contributed by atoms with Crippen LogP contribution in [0.4, 0.5) is 0 Å². The molecule has 21 heavy (non-hydrogen) atoms. The lowest BCUT2D eigenvalue weighted by atomic mass is 10.3. The van der Waals surface area contributed by atoms with Crippen LogP contribution in [0, 0.1) is 0 Å². The van der Waals surface area contributed by atoms with Gasteiger partial charge in [-0.05, 0) is 18.6 Å². The lowest BCUT2D eigenvalue weighted by Crippen LogP contribution is -2.02. The van der Waals surface area contributed by atoms with Crippen molar-refractivity contribution in [2.75, 3.05) is 13.7 Å². The van der Waals surface area contributed by atoms with E-state index in [1.807, 2.05) is 24.3 Å². The molecule has 0 radical (unpaired) electrons. The summed E-state index contributed by atoms with van der Waals surface area (Å²) >= 11 is 1.49. The third-order valence-corrected chi connectivity index (χ3v) is 3.75. The van der Waals surface area contributed by atoms with Gasteiger partial charge in [-0.2, -0.15) is 0 Å². The van der Waals surface area contributed by atoms with E-state index in [1.54, 1.807) is 12.5 Å². The number of carboxylic acids is 1. The maximum atomic E-state index is 10.6. The van der Waals surface area contributed by atoms with E-state index in [4.69, 9.17) is 14.6 Å². The summed E-state index contributed by atoms with van der Waals surface area (Å²) in [6.45, 7) is 0.564. The molecule has 0 saturated carbocycles. The first-order chi connectivity index (χ1) is 10.2. The zero-order valence-electron chi connectivity index (χ0n) is 11.7. The monoisotopic (exact) mass is 307 g/mol. The normalized spacial score (nSPS) is 10.3. The molecule has 112 valence electrons. The van der Waals surface area contributed by atoms with Gasteiger partial charge in [0.05, 0.1) is 30.8 Å². The number of hydrogen-bond acceptors (Lipinski definition) is 5. The number of carbonyl (C=O) groups is 1. The van der Waals surface area contributed by atoms with Crippen molar-refractivity contribution >= 4 is 17.3 Å². The van der Waals surface area contributed by atoms with Crippen molar-refractivity contribution in [2.45, 2.75) is 19.3 Å². The van der Waals surface area contributed by atoms with Crippen molar-refractivity contribution in [3.05, 3.63) is 40.3 Å². The first-order valence-corrected chi connectivity index (χ1v) is 7.48. The van der Waals surface area contributed by atoms with Crippen molar-refractivity contribution < 1.29 is 19.4 Å². The molecule has 0 aliphatic rings. The van der Waals surface area contributed by atoms with Gasteiger partial charge in [-0.15, -0.1) is 11.3 Å². The highest BCUT2D eigenvalue weighted by Crippen LogP contribution is 2.25. The molecular formula is C15H17NO4S. The molecule has 0 amide bonds. The standard InChI is InChI=1S/C15H17NO4S/c1-19-12-5-2-3-6-13(12)20-8-4-7-14-16-11(10-21-14)9-15(17)18/h2-3,5-6,10H,4,7-9H2,1H3,(H,17,18). The van der Waals surface area contributed by atoms with Gasteiger partial charge in [-0.1, -0.05) is 12.1 Å². The van der Waals surface area contributed by atoms with Gasteiger partial charge in [-0.3, -0.25) is 4.79 Å². The third-order valence-electron chi connectivity index (χ3n) is 2.79. The predicted octanol–water partition coefficient (Wildman–Crippen LogP) is 2.79. The molecule has 0 fully saturated rings. The highest BCUT2D eigenvalue weighted by molar-refractivity contribution is 7.09. The summed E-state index contributed by atoms with van der Waals surface area (Å²) in [4.78, 5) is 14.9. The van der Waals surface area contributed by atoms with Gasteiger partial charge in [0.15, 0.2) is 11.5 Å². The summed E-state index contributed by atoms with van der Waals surface area (Å²) in [5.41, 5.74) is 0.619. The fraction of sp³-hybridized carbons (Fsp3) is 0.333. The van der Waals surface area contributed by atoms with Crippen LogP contribution in [-0.4, -0.2) is 29.8 Å². The number of aromatic nitrogens is 1. The minimum atomic E-state index is -0.855. The van der Waals surface area contributed by atoms with E-state index >= 15 is 0 Å². The Hall–Kier alpha value is -2.08. The highest BCUT2D eigenvalue weighted by atomic mass is 32.1. The quantitative estimate of drug-likeness (QED) is 0.759. The van der Waals surface area contributed by atoms with Crippen LogP contribution >= 0.6 is 11.3 Å². The summed E-state index contributed by atoms with van der Waals surface area (Å²) in [6.07, 6.45) is 1.58. The molecular weight excluding hydrogens is 290 g/mol. The summed E-state index contributed by atoms with van der Waals surface area (Å²) in [6, 6.07) is 7.52. The Morgan fingerprint density at radius 1 is 1.33 bits per heavy atom. The number of nitrogens with zero attached hydrogens (tertiary/aromatic N) is 1. The molecule has 1 aromatic heterocycles. The second-order valence-corrected chi connectivity index (χ2v) is 5.35. The Morgan fingerprint density at radius 3 is 2.81 bits per heavy atom. The number of hydrogen-bond donors (Lipinski definition) is 1. The van der Waals surface area contributed by atoms with Crippen LogP contribution in [0.1, 0.15) is 17.1 Å². The van der Waals surface area contributed by atoms with E-state index in [0.717, 1.165) is 29.3 Å². The molecule has 1 aromatic carbocycles. The first-order valence-electron chi connectivity index (χ1n) is 6.60. The first kappa shape index (κ1) is 15.3.